The lowest BCUT2D eigenvalue weighted by Gasteiger charge is -2.17. The zero-order valence-corrected chi connectivity index (χ0v) is 15.1. The Hall–Kier alpha value is -3.17. The topological polar surface area (TPSA) is 103 Å². The molecule has 0 saturated heterocycles. The van der Waals surface area contributed by atoms with Crippen molar-refractivity contribution in [3.05, 3.63) is 75.4 Å². The molecule has 8 nitrogen and oxygen atoms in total. The lowest BCUT2D eigenvalue weighted by Crippen LogP contribution is -2.29. The molecular formula is C17H10ClN3O5S. The second-order valence-electron chi connectivity index (χ2n) is 5.45. The van der Waals surface area contributed by atoms with Gasteiger partial charge >= 0.3 is 5.88 Å². The van der Waals surface area contributed by atoms with Gasteiger partial charge in [0.25, 0.3) is 5.91 Å². The molecule has 0 spiro atoms. The SMILES string of the molecule is O=C(c1ccc([N+](=O)[O-])o1)N(Cc1ccco1)c1nc2c(Cl)cccc2s1. The first-order valence-electron chi connectivity index (χ1n) is 7.66. The van der Waals surface area contributed by atoms with Gasteiger partial charge in [-0.2, -0.15) is 0 Å². The van der Waals surface area contributed by atoms with Crippen LogP contribution in [0.25, 0.3) is 10.2 Å². The molecule has 1 aromatic carbocycles. The molecule has 0 unspecified atom stereocenters. The van der Waals surface area contributed by atoms with Crippen molar-refractivity contribution in [3.63, 3.8) is 0 Å². The van der Waals surface area contributed by atoms with E-state index in [1.807, 2.05) is 6.07 Å². The average Bonchev–Trinajstić information content (AvgIpc) is 3.38. The number of para-hydroxylation sites is 1. The van der Waals surface area contributed by atoms with Crippen molar-refractivity contribution in [1.82, 2.24) is 4.98 Å². The van der Waals surface area contributed by atoms with Gasteiger partial charge in [-0.1, -0.05) is 29.0 Å². The minimum Gasteiger partial charge on any atom is -0.467 e. The molecule has 1 amide bonds. The standard InChI is InChI=1S/C17H10ClN3O5S/c18-11-4-1-5-13-15(11)19-17(27-13)20(9-10-3-2-8-25-10)16(22)12-6-7-14(26-12)21(23)24/h1-8H,9H2. The van der Waals surface area contributed by atoms with Crippen molar-refractivity contribution < 1.29 is 18.6 Å². The number of halogens is 1. The van der Waals surface area contributed by atoms with Crippen LogP contribution in [0.2, 0.25) is 5.02 Å². The molecule has 0 aliphatic heterocycles. The maximum absolute atomic E-state index is 13.0. The largest absolute Gasteiger partial charge is 0.467 e. The minimum absolute atomic E-state index is 0.0811. The van der Waals surface area contributed by atoms with Crippen LogP contribution in [0.5, 0.6) is 0 Å². The molecule has 0 atom stereocenters. The van der Waals surface area contributed by atoms with Gasteiger partial charge in [0.1, 0.15) is 16.2 Å². The smallest absolute Gasteiger partial charge is 0.433 e. The number of fused-ring (bicyclic) bond motifs is 1. The van der Waals surface area contributed by atoms with Crippen molar-refractivity contribution in [1.29, 1.82) is 0 Å². The van der Waals surface area contributed by atoms with Crippen LogP contribution < -0.4 is 4.90 Å². The Morgan fingerprint density at radius 1 is 1.26 bits per heavy atom. The molecule has 0 N–H and O–H groups in total. The molecule has 0 saturated carbocycles. The van der Waals surface area contributed by atoms with Crippen LogP contribution in [0.1, 0.15) is 16.3 Å². The lowest BCUT2D eigenvalue weighted by atomic mass is 10.3. The summed E-state index contributed by atoms with van der Waals surface area (Å²) in [6.07, 6.45) is 1.49. The van der Waals surface area contributed by atoms with Crippen molar-refractivity contribution in [2.75, 3.05) is 4.90 Å². The molecule has 0 aliphatic carbocycles. The molecule has 0 fully saturated rings. The predicted octanol–water partition coefficient (Wildman–Crippen LogP) is 4.89. The molecular weight excluding hydrogens is 394 g/mol. The van der Waals surface area contributed by atoms with Crippen LogP contribution in [-0.2, 0) is 6.54 Å². The summed E-state index contributed by atoms with van der Waals surface area (Å²) in [5.41, 5.74) is 0.571. The molecule has 0 bridgehead atoms. The third-order valence-electron chi connectivity index (χ3n) is 3.71. The fraction of sp³-hybridized carbons (Fsp3) is 0.0588. The molecule has 3 heterocycles. The van der Waals surface area contributed by atoms with Crippen molar-refractivity contribution >= 4 is 50.1 Å². The Bertz CT molecular complexity index is 1130. The van der Waals surface area contributed by atoms with Crippen LogP contribution in [0.4, 0.5) is 11.0 Å². The third kappa shape index (κ3) is 3.29. The molecule has 0 aliphatic rings. The summed E-state index contributed by atoms with van der Waals surface area (Å²) in [7, 11) is 0. The van der Waals surface area contributed by atoms with E-state index in [4.69, 9.17) is 20.4 Å². The van der Waals surface area contributed by atoms with Gasteiger partial charge in [0.15, 0.2) is 10.9 Å². The highest BCUT2D eigenvalue weighted by Crippen LogP contribution is 2.34. The summed E-state index contributed by atoms with van der Waals surface area (Å²) >= 11 is 7.45. The molecule has 27 heavy (non-hydrogen) atoms. The second kappa shape index (κ2) is 6.86. The Morgan fingerprint density at radius 2 is 2.11 bits per heavy atom. The number of hydrogen-bond acceptors (Lipinski definition) is 7. The van der Waals surface area contributed by atoms with E-state index in [1.165, 1.54) is 28.6 Å². The van der Waals surface area contributed by atoms with Crippen LogP contribution in [0.15, 0.2) is 57.6 Å². The number of nitrogens with zero attached hydrogens (tertiary/aromatic N) is 3. The summed E-state index contributed by atoms with van der Waals surface area (Å²) in [6, 6.07) is 11.2. The van der Waals surface area contributed by atoms with Gasteiger partial charge in [0.05, 0.1) is 28.6 Å². The van der Waals surface area contributed by atoms with E-state index in [0.29, 0.717) is 21.4 Å². The molecule has 0 radical (unpaired) electrons. The number of benzene rings is 1. The second-order valence-corrected chi connectivity index (χ2v) is 6.86. The number of furan rings is 2. The van der Waals surface area contributed by atoms with E-state index in [2.05, 4.69) is 4.98 Å². The zero-order chi connectivity index (χ0) is 19.0. The summed E-state index contributed by atoms with van der Waals surface area (Å²) in [6.45, 7) is 0.0811. The Morgan fingerprint density at radius 3 is 2.78 bits per heavy atom. The number of thiazole rings is 1. The Balaban J connectivity index is 1.76. The Labute approximate surface area is 160 Å². The zero-order valence-electron chi connectivity index (χ0n) is 13.5. The molecule has 136 valence electrons. The highest BCUT2D eigenvalue weighted by atomic mass is 35.5. The van der Waals surface area contributed by atoms with Crippen molar-refractivity contribution in [2.24, 2.45) is 0 Å². The third-order valence-corrected chi connectivity index (χ3v) is 5.06. The predicted molar refractivity (Wildman–Crippen MR) is 99.2 cm³/mol. The Kier molecular flexibility index (Phi) is 4.38. The normalized spacial score (nSPS) is 11.0. The van der Waals surface area contributed by atoms with Gasteiger partial charge in [-0.15, -0.1) is 0 Å². The maximum atomic E-state index is 13.0. The summed E-state index contributed by atoms with van der Waals surface area (Å²) in [5, 5.41) is 11.7. The number of aromatic nitrogens is 1. The first kappa shape index (κ1) is 17.3. The molecule has 4 rings (SSSR count). The number of carbonyl (C=O) groups excluding carboxylic acids is 1. The van der Waals surface area contributed by atoms with Crippen molar-refractivity contribution in [3.8, 4) is 0 Å². The number of hydrogen-bond donors (Lipinski definition) is 0. The van der Waals surface area contributed by atoms with Crippen LogP contribution in [0.3, 0.4) is 0 Å². The summed E-state index contributed by atoms with van der Waals surface area (Å²) in [5.74, 6) is -0.730. The number of rotatable bonds is 5. The van der Waals surface area contributed by atoms with Crippen LogP contribution >= 0.6 is 22.9 Å². The van der Waals surface area contributed by atoms with E-state index < -0.39 is 16.7 Å². The molecule has 10 heteroatoms. The number of carbonyl (C=O) groups is 1. The fourth-order valence-corrected chi connectivity index (χ4v) is 3.74. The number of nitro groups is 1. The lowest BCUT2D eigenvalue weighted by molar-refractivity contribution is -0.402. The summed E-state index contributed by atoms with van der Waals surface area (Å²) < 4.78 is 11.2. The minimum atomic E-state index is -0.703. The van der Waals surface area contributed by atoms with Gasteiger partial charge in [-0.3, -0.25) is 19.8 Å². The van der Waals surface area contributed by atoms with Gasteiger partial charge in [0.2, 0.25) is 0 Å². The van der Waals surface area contributed by atoms with E-state index in [1.54, 1.807) is 24.3 Å². The van der Waals surface area contributed by atoms with Crippen molar-refractivity contribution in [2.45, 2.75) is 6.54 Å². The first-order chi connectivity index (χ1) is 13.0. The van der Waals surface area contributed by atoms with E-state index >= 15 is 0 Å². The maximum Gasteiger partial charge on any atom is 0.433 e. The van der Waals surface area contributed by atoms with Gasteiger partial charge in [-0.25, -0.2) is 4.98 Å². The monoisotopic (exact) mass is 403 g/mol. The summed E-state index contributed by atoms with van der Waals surface area (Å²) in [4.78, 5) is 28.9. The highest BCUT2D eigenvalue weighted by Gasteiger charge is 2.27. The quantitative estimate of drug-likeness (QED) is 0.347. The number of amides is 1. The van der Waals surface area contributed by atoms with Crippen LogP contribution in [-0.4, -0.2) is 15.8 Å². The molecule has 4 aromatic rings. The number of anilines is 1. The fourth-order valence-electron chi connectivity index (χ4n) is 2.48. The van der Waals surface area contributed by atoms with Gasteiger partial charge in [-0.05, 0) is 30.3 Å². The first-order valence-corrected chi connectivity index (χ1v) is 8.86. The van der Waals surface area contributed by atoms with E-state index in [9.17, 15) is 14.9 Å². The van der Waals surface area contributed by atoms with Gasteiger partial charge < -0.3 is 8.83 Å². The van der Waals surface area contributed by atoms with Gasteiger partial charge in [0, 0.05) is 0 Å². The van der Waals surface area contributed by atoms with E-state index in [0.717, 1.165) is 10.8 Å². The van der Waals surface area contributed by atoms with Crippen LogP contribution in [0, 0.1) is 10.1 Å². The highest BCUT2D eigenvalue weighted by molar-refractivity contribution is 7.22. The van der Waals surface area contributed by atoms with E-state index in [-0.39, 0.29) is 12.3 Å². The average molecular weight is 404 g/mol. The molecule has 3 aromatic heterocycles.